The standard InChI is InChI=1S/C17H17F3N6O/c1-10(18)16(27)24-7-11-9-26(15-14(25-11)21-5-6-22-15)12-3-4-13(23-8-12)17(2,19)20/h3-6,8,11H,1,7,9H2,2H3,(H,21,25)(H,24,27). The number of halogens is 3. The van der Waals surface area contributed by atoms with Crippen LogP contribution in [0.1, 0.15) is 12.6 Å². The number of hydrogen-bond acceptors (Lipinski definition) is 6. The number of pyridine rings is 1. The van der Waals surface area contributed by atoms with Crippen LogP contribution in [0, 0.1) is 0 Å². The van der Waals surface area contributed by atoms with Crippen molar-refractivity contribution >= 4 is 23.2 Å². The van der Waals surface area contributed by atoms with Crippen LogP contribution in [0.2, 0.25) is 0 Å². The summed E-state index contributed by atoms with van der Waals surface area (Å²) in [5.41, 5.74) is 0.198. The van der Waals surface area contributed by atoms with Crippen molar-refractivity contribution in [2.24, 2.45) is 0 Å². The monoisotopic (exact) mass is 378 g/mol. The van der Waals surface area contributed by atoms with Gasteiger partial charge in [-0.05, 0) is 12.1 Å². The Kier molecular flexibility index (Phi) is 4.98. The number of alkyl halides is 2. The summed E-state index contributed by atoms with van der Waals surface area (Å²) in [4.78, 5) is 25.4. The SMILES string of the molecule is C=C(F)C(=O)NCC1CN(c2ccc(C(C)(F)F)nc2)c2nccnc2N1. The summed E-state index contributed by atoms with van der Waals surface area (Å²) >= 11 is 0. The molecule has 10 heteroatoms. The summed E-state index contributed by atoms with van der Waals surface area (Å²) in [6.45, 7) is 4.15. The first-order valence-electron chi connectivity index (χ1n) is 8.07. The molecular weight excluding hydrogens is 361 g/mol. The lowest BCUT2D eigenvalue weighted by atomic mass is 10.1. The molecule has 1 atom stereocenters. The van der Waals surface area contributed by atoms with Gasteiger partial charge in [-0.2, -0.15) is 8.78 Å². The molecule has 1 aliphatic heterocycles. The van der Waals surface area contributed by atoms with Gasteiger partial charge < -0.3 is 15.5 Å². The Bertz CT molecular complexity index is 852. The number of rotatable bonds is 5. The lowest BCUT2D eigenvalue weighted by Gasteiger charge is -2.35. The van der Waals surface area contributed by atoms with Crippen LogP contribution in [0.3, 0.4) is 0 Å². The Balaban J connectivity index is 1.84. The summed E-state index contributed by atoms with van der Waals surface area (Å²) in [6, 6.07) is 2.43. The van der Waals surface area contributed by atoms with Crippen molar-refractivity contribution in [1.82, 2.24) is 20.3 Å². The maximum atomic E-state index is 13.4. The number of anilines is 3. The molecule has 1 unspecified atom stereocenters. The van der Waals surface area contributed by atoms with Gasteiger partial charge in [0.05, 0.1) is 17.9 Å². The highest BCUT2D eigenvalue weighted by atomic mass is 19.3. The summed E-state index contributed by atoms with van der Waals surface area (Å²) in [6.07, 6.45) is 4.33. The van der Waals surface area contributed by atoms with E-state index in [0.717, 1.165) is 6.92 Å². The second-order valence-corrected chi connectivity index (χ2v) is 6.09. The fraction of sp³-hybridized carbons (Fsp3) is 0.294. The molecule has 0 fully saturated rings. The lowest BCUT2D eigenvalue weighted by molar-refractivity contribution is -0.118. The minimum atomic E-state index is -3.04. The zero-order valence-corrected chi connectivity index (χ0v) is 14.4. The number of aromatic nitrogens is 3. The second-order valence-electron chi connectivity index (χ2n) is 6.09. The van der Waals surface area contributed by atoms with Crippen molar-refractivity contribution in [3.05, 3.63) is 48.8 Å². The summed E-state index contributed by atoms with van der Waals surface area (Å²) in [5, 5.41) is 5.52. The van der Waals surface area contributed by atoms with E-state index < -0.39 is 17.7 Å². The third-order valence-corrected chi connectivity index (χ3v) is 3.94. The predicted molar refractivity (Wildman–Crippen MR) is 93.5 cm³/mol. The van der Waals surface area contributed by atoms with Gasteiger partial charge in [0.25, 0.3) is 11.8 Å². The largest absolute Gasteiger partial charge is 0.361 e. The van der Waals surface area contributed by atoms with E-state index in [4.69, 9.17) is 0 Å². The quantitative estimate of drug-likeness (QED) is 0.778. The van der Waals surface area contributed by atoms with Crippen molar-refractivity contribution in [2.75, 3.05) is 23.3 Å². The van der Waals surface area contributed by atoms with Gasteiger partial charge in [-0.3, -0.25) is 9.78 Å². The van der Waals surface area contributed by atoms with Crippen molar-refractivity contribution < 1.29 is 18.0 Å². The first-order chi connectivity index (χ1) is 12.8. The first kappa shape index (κ1) is 18.6. The smallest absolute Gasteiger partial charge is 0.286 e. The summed E-state index contributed by atoms with van der Waals surface area (Å²) in [5.74, 6) is -4.08. The molecule has 0 aromatic carbocycles. The van der Waals surface area contributed by atoms with Gasteiger partial charge in [0.1, 0.15) is 5.69 Å². The Labute approximate surface area is 153 Å². The molecule has 1 amide bonds. The van der Waals surface area contributed by atoms with Crippen molar-refractivity contribution in [1.29, 1.82) is 0 Å². The normalized spacial score (nSPS) is 16.3. The van der Waals surface area contributed by atoms with Crippen LogP contribution < -0.4 is 15.5 Å². The van der Waals surface area contributed by atoms with E-state index >= 15 is 0 Å². The fourth-order valence-corrected chi connectivity index (χ4v) is 2.64. The number of carbonyl (C=O) groups excluding carboxylic acids is 1. The fourth-order valence-electron chi connectivity index (χ4n) is 2.64. The summed E-state index contributed by atoms with van der Waals surface area (Å²) in [7, 11) is 0. The van der Waals surface area contributed by atoms with E-state index in [1.165, 1.54) is 30.7 Å². The average Bonchev–Trinajstić information content (AvgIpc) is 2.64. The maximum absolute atomic E-state index is 13.4. The molecule has 1 aliphatic rings. The van der Waals surface area contributed by atoms with Crippen LogP contribution in [-0.4, -0.2) is 40.0 Å². The molecule has 3 rings (SSSR count). The molecule has 2 N–H and O–H groups in total. The Morgan fingerprint density at radius 1 is 1.37 bits per heavy atom. The van der Waals surface area contributed by atoms with Gasteiger partial charge >= 0.3 is 0 Å². The van der Waals surface area contributed by atoms with Crippen LogP contribution in [0.4, 0.5) is 30.5 Å². The van der Waals surface area contributed by atoms with Crippen LogP contribution in [0.5, 0.6) is 0 Å². The van der Waals surface area contributed by atoms with Gasteiger partial charge in [-0.1, -0.05) is 6.58 Å². The molecule has 0 spiro atoms. The number of fused-ring (bicyclic) bond motifs is 1. The van der Waals surface area contributed by atoms with Gasteiger partial charge in [-0.25, -0.2) is 14.4 Å². The highest BCUT2D eigenvalue weighted by molar-refractivity contribution is 5.90. The number of nitrogens with one attached hydrogen (secondary N) is 2. The third-order valence-electron chi connectivity index (χ3n) is 3.94. The molecular formula is C17H17F3N6O. The molecule has 2 aromatic rings. The minimum absolute atomic E-state index is 0.104. The highest BCUT2D eigenvalue weighted by Crippen LogP contribution is 2.33. The lowest BCUT2D eigenvalue weighted by Crippen LogP contribution is -2.46. The molecule has 7 nitrogen and oxygen atoms in total. The van der Waals surface area contributed by atoms with Gasteiger partial charge in [0.2, 0.25) is 0 Å². The van der Waals surface area contributed by atoms with Crippen molar-refractivity contribution in [2.45, 2.75) is 18.9 Å². The van der Waals surface area contributed by atoms with Crippen LogP contribution in [0.15, 0.2) is 43.1 Å². The van der Waals surface area contributed by atoms with Crippen molar-refractivity contribution in [3.63, 3.8) is 0 Å². The number of carbonyl (C=O) groups is 1. The Hall–Kier alpha value is -3.17. The van der Waals surface area contributed by atoms with Crippen molar-refractivity contribution in [3.8, 4) is 0 Å². The molecule has 0 radical (unpaired) electrons. The third kappa shape index (κ3) is 4.15. The first-order valence-corrected chi connectivity index (χ1v) is 8.07. The Morgan fingerprint density at radius 3 is 2.74 bits per heavy atom. The summed E-state index contributed by atoms with van der Waals surface area (Å²) < 4.78 is 39.6. The Morgan fingerprint density at radius 2 is 2.11 bits per heavy atom. The highest BCUT2D eigenvalue weighted by Gasteiger charge is 2.29. The van der Waals surface area contributed by atoms with E-state index in [2.05, 4.69) is 32.2 Å². The molecule has 0 saturated carbocycles. The molecule has 2 aromatic heterocycles. The van der Waals surface area contributed by atoms with Gasteiger partial charge in [-0.15, -0.1) is 0 Å². The van der Waals surface area contributed by atoms with Crippen LogP contribution in [0.25, 0.3) is 0 Å². The topological polar surface area (TPSA) is 83.0 Å². The number of amides is 1. The average molecular weight is 378 g/mol. The maximum Gasteiger partial charge on any atom is 0.286 e. The second kappa shape index (κ2) is 7.22. The molecule has 0 saturated heterocycles. The molecule has 142 valence electrons. The van der Waals surface area contributed by atoms with Gasteiger partial charge in [0.15, 0.2) is 17.5 Å². The zero-order chi connectivity index (χ0) is 19.6. The number of hydrogen-bond donors (Lipinski definition) is 2. The van der Waals surface area contributed by atoms with E-state index in [0.29, 0.717) is 23.9 Å². The zero-order valence-electron chi connectivity index (χ0n) is 14.4. The van der Waals surface area contributed by atoms with E-state index in [-0.39, 0.29) is 18.3 Å². The van der Waals surface area contributed by atoms with Crippen LogP contribution >= 0.6 is 0 Å². The van der Waals surface area contributed by atoms with E-state index in [1.807, 2.05) is 0 Å². The minimum Gasteiger partial charge on any atom is -0.361 e. The number of nitrogens with zero attached hydrogens (tertiary/aromatic N) is 4. The molecule has 0 bridgehead atoms. The molecule has 3 heterocycles. The van der Waals surface area contributed by atoms with Gasteiger partial charge in [0, 0.05) is 32.4 Å². The van der Waals surface area contributed by atoms with E-state index in [1.54, 1.807) is 4.90 Å². The van der Waals surface area contributed by atoms with Crippen LogP contribution in [-0.2, 0) is 10.7 Å². The molecule has 0 aliphatic carbocycles. The van der Waals surface area contributed by atoms with E-state index in [9.17, 15) is 18.0 Å². The molecule has 27 heavy (non-hydrogen) atoms. The predicted octanol–water partition coefficient (Wildman–Crippen LogP) is 2.51.